The van der Waals surface area contributed by atoms with Gasteiger partial charge >= 0.3 is 6.09 Å². The van der Waals surface area contributed by atoms with E-state index in [4.69, 9.17) is 30.8 Å². The number of halogens is 1. The molecule has 1 aliphatic rings. The fourth-order valence-electron chi connectivity index (χ4n) is 4.36. The summed E-state index contributed by atoms with van der Waals surface area (Å²) in [5.41, 5.74) is 2.74. The van der Waals surface area contributed by atoms with Crippen LogP contribution in [0.1, 0.15) is 33.6 Å². The number of carbonyl (C=O) groups is 2. The van der Waals surface area contributed by atoms with Crippen molar-refractivity contribution in [1.29, 1.82) is 0 Å². The maximum Gasteiger partial charge on any atom is 0.407 e. The number of nitrogens with zero attached hydrogens (tertiary/aromatic N) is 3. The van der Waals surface area contributed by atoms with Crippen LogP contribution in [0.5, 0.6) is 11.5 Å². The molecular weight excluding hydrogens is 510 g/mol. The lowest BCUT2D eigenvalue weighted by molar-refractivity contribution is -0.121. The Hall–Kier alpha value is -3.66. The van der Waals surface area contributed by atoms with Crippen molar-refractivity contribution >= 4 is 34.9 Å². The van der Waals surface area contributed by atoms with Crippen LogP contribution in [0.3, 0.4) is 0 Å². The van der Waals surface area contributed by atoms with Gasteiger partial charge in [0.1, 0.15) is 22.7 Å². The molecule has 38 heavy (non-hydrogen) atoms. The minimum Gasteiger partial charge on any atom is -0.496 e. The molecule has 10 nitrogen and oxygen atoms in total. The van der Waals surface area contributed by atoms with Gasteiger partial charge in [0, 0.05) is 67.9 Å². The minimum atomic E-state index is -0.573. The molecule has 0 spiro atoms. The van der Waals surface area contributed by atoms with Gasteiger partial charge in [0.15, 0.2) is 0 Å². The molecule has 1 saturated heterocycles. The first-order valence-corrected chi connectivity index (χ1v) is 12.9. The van der Waals surface area contributed by atoms with Crippen LogP contribution in [0, 0.1) is 0 Å². The number of nitrogens with one attached hydrogen (secondary N) is 2. The van der Waals surface area contributed by atoms with E-state index in [0.29, 0.717) is 23.1 Å². The van der Waals surface area contributed by atoms with Gasteiger partial charge in [0.25, 0.3) is 0 Å². The molecule has 2 aromatic heterocycles. The van der Waals surface area contributed by atoms with Crippen LogP contribution in [0.25, 0.3) is 16.9 Å². The lowest BCUT2D eigenvalue weighted by Crippen LogP contribution is -2.39. The van der Waals surface area contributed by atoms with Gasteiger partial charge in [0.2, 0.25) is 5.91 Å². The van der Waals surface area contributed by atoms with Crippen molar-refractivity contribution in [2.24, 2.45) is 0 Å². The quantitative estimate of drug-likeness (QED) is 0.436. The molecule has 204 valence electrons. The third-order valence-electron chi connectivity index (χ3n) is 6.13. The van der Waals surface area contributed by atoms with E-state index in [1.807, 2.05) is 28.9 Å². The second-order valence-electron chi connectivity index (χ2n) is 10.1. The first-order valence-electron chi connectivity index (χ1n) is 12.5. The Labute approximate surface area is 227 Å². The number of amides is 2. The molecule has 1 atom stereocenters. The number of benzene rings is 1. The van der Waals surface area contributed by atoms with Gasteiger partial charge in [-0.15, -0.1) is 0 Å². The number of methoxy groups -OCH3 is 2. The summed E-state index contributed by atoms with van der Waals surface area (Å²) in [7, 11) is 3.16. The lowest BCUT2D eigenvalue weighted by atomic mass is 10.1. The van der Waals surface area contributed by atoms with E-state index in [-0.39, 0.29) is 24.9 Å². The maximum absolute atomic E-state index is 12.4. The van der Waals surface area contributed by atoms with E-state index < -0.39 is 11.7 Å². The molecule has 1 aliphatic heterocycles. The van der Waals surface area contributed by atoms with Crippen molar-refractivity contribution in [3.05, 3.63) is 41.7 Å². The lowest BCUT2D eigenvalue weighted by Gasteiger charge is -2.20. The van der Waals surface area contributed by atoms with Gasteiger partial charge in [0.05, 0.1) is 24.9 Å². The summed E-state index contributed by atoms with van der Waals surface area (Å²) in [4.78, 5) is 31.1. The highest BCUT2D eigenvalue weighted by molar-refractivity contribution is 6.32. The van der Waals surface area contributed by atoms with Crippen molar-refractivity contribution in [3.63, 3.8) is 0 Å². The van der Waals surface area contributed by atoms with Crippen molar-refractivity contribution in [3.8, 4) is 22.8 Å². The highest BCUT2D eigenvalue weighted by Gasteiger charge is 2.25. The number of rotatable bonds is 8. The summed E-state index contributed by atoms with van der Waals surface area (Å²) >= 11 is 6.36. The van der Waals surface area contributed by atoms with E-state index >= 15 is 0 Å². The number of pyridine rings is 1. The Kier molecular flexibility index (Phi) is 8.20. The Balaban J connectivity index is 1.36. The third kappa shape index (κ3) is 6.61. The Bertz CT molecular complexity index is 1320. The number of anilines is 1. The summed E-state index contributed by atoms with van der Waals surface area (Å²) in [5, 5.41) is 6.15. The monoisotopic (exact) mass is 543 g/mol. The molecular formula is C27H34ClN5O5. The van der Waals surface area contributed by atoms with E-state index in [9.17, 15) is 9.59 Å². The first kappa shape index (κ1) is 27.4. The fourth-order valence-corrected chi connectivity index (χ4v) is 4.60. The predicted molar refractivity (Wildman–Crippen MR) is 146 cm³/mol. The molecule has 0 bridgehead atoms. The zero-order chi connectivity index (χ0) is 27.4. The average Bonchev–Trinajstić information content (AvgIpc) is 3.49. The molecule has 2 N–H and O–H groups in total. The molecule has 1 unspecified atom stereocenters. The number of fused-ring (bicyclic) bond motifs is 1. The molecule has 4 rings (SSSR count). The SMILES string of the molecule is COc1cc(OC)c(-c2cn3ccc(N4CCC(NC(=O)CCNC(=O)OC(C)(C)C)C4)cc3n2)cc1Cl. The van der Waals surface area contributed by atoms with Crippen LogP contribution in [-0.2, 0) is 9.53 Å². The molecule has 1 fully saturated rings. The Morgan fingerprint density at radius 2 is 1.92 bits per heavy atom. The third-order valence-corrected chi connectivity index (χ3v) is 6.43. The summed E-state index contributed by atoms with van der Waals surface area (Å²) in [6.07, 6.45) is 4.39. The van der Waals surface area contributed by atoms with E-state index in [1.54, 1.807) is 47.1 Å². The number of imidazole rings is 1. The van der Waals surface area contributed by atoms with Crippen molar-refractivity contribution in [2.45, 2.75) is 45.3 Å². The normalized spacial score (nSPS) is 15.4. The average molecular weight is 544 g/mol. The van der Waals surface area contributed by atoms with Gasteiger partial charge in [-0.1, -0.05) is 11.6 Å². The number of hydrogen-bond donors (Lipinski definition) is 2. The Morgan fingerprint density at radius 1 is 1.16 bits per heavy atom. The number of hydrogen-bond acceptors (Lipinski definition) is 7. The number of alkyl carbamates (subject to hydrolysis) is 1. The van der Waals surface area contributed by atoms with Crippen LogP contribution in [-0.4, -0.2) is 66.9 Å². The predicted octanol–water partition coefficient (Wildman–Crippen LogP) is 4.28. The van der Waals surface area contributed by atoms with Crippen molar-refractivity contribution in [1.82, 2.24) is 20.0 Å². The van der Waals surface area contributed by atoms with E-state index in [1.165, 1.54) is 0 Å². The van der Waals surface area contributed by atoms with Crippen molar-refractivity contribution in [2.75, 3.05) is 38.8 Å². The molecule has 0 radical (unpaired) electrons. The van der Waals surface area contributed by atoms with Crippen LogP contribution >= 0.6 is 11.6 Å². The summed E-state index contributed by atoms with van der Waals surface area (Å²) in [5.74, 6) is 1.05. The first-order chi connectivity index (χ1) is 18.1. The molecule has 0 saturated carbocycles. The second kappa shape index (κ2) is 11.4. The number of carbonyl (C=O) groups excluding carboxylic acids is 2. The topological polar surface area (TPSA) is 106 Å². The number of ether oxygens (including phenoxy) is 3. The van der Waals surface area contributed by atoms with Crippen LogP contribution in [0.15, 0.2) is 36.7 Å². The fraction of sp³-hybridized carbons (Fsp3) is 0.444. The van der Waals surface area contributed by atoms with Gasteiger partial charge in [-0.25, -0.2) is 9.78 Å². The second-order valence-corrected chi connectivity index (χ2v) is 10.5. The zero-order valence-corrected chi connectivity index (χ0v) is 23.1. The van der Waals surface area contributed by atoms with Gasteiger partial charge in [-0.05, 0) is 39.3 Å². The minimum absolute atomic E-state index is 0.0289. The smallest absolute Gasteiger partial charge is 0.407 e. The molecule has 11 heteroatoms. The molecule has 0 aliphatic carbocycles. The molecule has 3 heterocycles. The number of aromatic nitrogens is 2. The molecule has 1 aromatic carbocycles. The largest absolute Gasteiger partial charge is 0.496 e. The van der Waals surface area contributed by atoms with Crippen LogP contribution in [0.4, 0.5) is 10.5 Å². The van der Waals surface area contributed by atoms with E-state index in [2.05, 4.69) is 15.5 Å². The van der Waals surface area contributed by atoms with Crippen molar-refractivity contribution < 1.29 is 23.8 Å². The summed E-state index contributed by atoms with van der Waals surface area (Å²) in [6.45, 7) is 7.11. The highest BCUT2D eigenvalue weighted by Crippen LogP contribution is 2.38. The Morgan fingerprint density at radius 3 is 2.63 bits per heavy atom. The van der Waals surface area contributed by atoms with Gasteiger partial charge < -0.3 is 34.1 Å². The highest BCUT2D eigenvalue weighted by atomic mass is 35.5. The summed E-state index contributed by atoms with van der Waals surface area (Å²) in [6, 6.07) is 7.63. The standard InChI is InChI=1S/C27H34ClN5O5/c1-27(2,3)38-26(35)29-9-6-25(34)30-17-7-10-32(15-17)18-8-11-33-16-21(31-24(33)12-18)19-13-20(28)23(37-5)14-22(19)36-4/h8,11-14,16-17H,6-7,9-10,15H2,1-5H3,(H,29,35)(H,30,34). The van der Waals surface area contributed by atoms with E-state index in [0.717, 1.165) is 35.6 Å². The molecule has 3 aromatic rings. The summed E-state index contributed by atoms with van der Waals surface area (Å²) < 4.78 is 18.0. The van der Waals surface area contributed by atoms with Gasteiger partial charge in [-0.3, -0.25) is 4.79 Å². The van der Waals surface area contributed by atoms with Crippen LogP contribution in [0.2, 0.25) is 5.02 Å². The molecule has 2 amide bonds. The van der Waals surface area contributed by atoms with Crippen LogP contribution < -0.4 is 25.0 Å². The zero-order valence-electron chi connectivity index (χ0n) is 22.3. The van der Waals surface area contributed by atoms with Gasteiger partial charge in [-0.2, -0.15) is 0 Å². The maximum atomic E-state index is 12.4.